The normalized spacial score (nSPS) is 12.6. The van der Waals surface area contributed by atoms with Crippen molar-refractivity contribution in [2.45, 2.75) is 4.90 Å². The zero-order chi connectivity index (χ0) is 29.8. The average Bonchev–Trinajstić information content (AvgIpc) is 3.45. The highest BCUT2D eigenvalue weighted by Crippen LogP contribution is 2.26. The van der Waals surface area contributed by atoms with Crippen molar-refractivity contribution in [3.8, 4) is 12.8 Å². The molecule has 0 radical (unpaired) electrons. The maximum absolute atomic E-state index is 12.9. The van der Waals surface area contributed by atoms with Crippen molar-refractivity contribution in [1.29, 1.82) is 0 Å². The van der Waals surface area contributed by atoms with Crippen LogP contribution in [0.5, 0.6) is 0 Å². The molecule has 1 saturated heterocycles. The molecule has 3 N–H and O–H groups in total. The van der Waals surface area contributed by atoms with Gasteiger partial charge in [0.1, 0.15) is 6.29 Å². The maximum Gasteiger partial charge on any atom is 0.323 e. The number of aromatic nitrogens is 1. The number of para-hydroxylation sites is 1. The first kappa shape index (κ1) is 30.7. The molecule has 9 nitrogen and oxygen atoms in total. The van der Waals surface area contributed by atoms with E-state index in [2.05, 4.69) is 46.0 Å². The van der Waals surface area contributed by atoms with Crippen LogP contribution in [0.15, 0.2) is 83.9 Å². The minimum Gasteiger partial charge on any atom is -0.359 e. The lowest BCUT2D eigenvalue weighted by atomic mass is 10.1. The topological polar surface area (TPSA) is 115 Å². The molecule has 1 aliphatic heterocycles. The molecule has 0 bridgehead atoms. The molecule has 41 heavy (non-hydrogen) atoms. The molecule has 0 atom stereocenters. The summed E-state index contributed by atoms with van der Waals surface area (Å²) in [6, 6.07) is 20.9. The summed E-state index contributed by atoms with van der Waals surface area (Å²) >= 11 is 4.22. The van der Waals surface area contributed by atoms with Crippen LogP contribution in [0.4, 0.5) is 16.2 Å². The third-order valence-corrected chi connectivity index (χ3v) is 6.55. The molecule has 3 aromatic carbocycles. The number of Topliss-reactive ketones (excluding diaryl/α,β-unsaturated/α-hetero) is 1. The number of carbonyl (C=O) groups is 4. The Bertz CT molecular complexity index is 1510. The average molecular weight is 570 g/mol. The van der Waals surface area contributed by atoms with E-state index < -0.39 is 17.7 Å². The van der Waals surface area contributed by atoms with Gasteiger partial charge in [-0.25, -0.2) is 4.79 Å². The van der Waals surface area contributed by atoms with Crippen molar-refractivity contribution in [3.63, 3.8) is 0 Å². The molecule has 0 saturated carbocycles. The summed E-state index contributed by atoms with van der Waals surface area (Å²) in [5, 5.41) is 6.12. The lowest BCUT2D eigenvalue weighted by Crippen LogP contribution is -2.49. The summed E-state index contributed by atoms with van der Waals surface area (Å²) in [6.07, 6.45) is 10.4. The van der Waals surface area contributed by atoms with Gasteiger partial charge in [0.25, 0.3) is 11.7 Å². The largest absolute Gasteiger partial charge is 0.359 e. The number of hydrogen-bond donors (Lipinski definition) is 4. The summed E-state index contributed by atoms with van der Waals surface area (Å²) in [5.41, 5.74) is 2.74. The molecule has 5 rings (SSSR count). The molecule has 0 aliphatic carbocycles. The number of aromatic amines is 1. The fraction of sp³-hybridized carbons (Fsp3) is 0.161. The minimum atomic E-state index is -0.552. The second-order valence-corrected chi connectivity index (χ2v) is 9.53. The molecular formula is C31H31N5O4S. The second kappa shape index (κ2) is 15.1. The number of likely N-dealkylation sites (N-methyl/N-ethyl adjacent to an activating group) is 1. The van der Waals surface area contributed by atoms with Gasteiger partial charge in [-0.3, -0.25) is 14.4 Å². The predicted molar refractivity (Wildman–Crippen MR) is 165 cm³/mol. The quantitative estimate of drug-likeness (QED) is 0.0906. The first-order chi connectivity index (χ1) is 19.9. The number of ketones is 1. The van der Waals surface area contributed by atoms with Gasteiger partial charge in [-0.05, 0) is 37.4 Å². The number of piperazine rings is 1. The van der Waals surface area contributed by atoms with Gasteiger partial charge in [0, 0.05) is 53.9 Å². The maximum atomic E-state index is 12.9. The van der Waals surface area contributed by atoms with Gasteiger partial charge in [0.05, 0.1) is 16.8 Å². The van der Waals surface area contributed by atoms with E-state index in [1.165, 1.54) is 6.20 Å². The highest BCUT2D eigenvalue weighted by Gasteiger charge is 2.28. The number of benzene rings is 3. The van der Waals surface area contributed by atoms with E-state index in [1.54, 1.807) is 59.5 Å². The molecule has 1 aromatic heterocycles. The number of aldehydes is 1. The monoisotopic (exact) mass is 569 g/mol. The van der Waals surface area contributed by atoms with Crippen molar-refractivity contribution in [2.75, 3.05) is 43.9 Å². The van der Waals surface area contributed by atoms with Crippen molar-refractivity contribution >= 4 is 58.9 Å². The zero-order valence-corrected chi connectivity index (χ0v) is 23.4. The van der Waals surface area contributed by atoms with E-state index >= 15 is 0 Å². The lowest BCUT2D eigenvalue weighted by Gasteiger charge is -2.31. The van der Waals surface area contributed by atoms with Crippen molar-refractivity contribution in [3.05, 3.63) is 90.1 Å². The SMILES string of the molecule is C#C.CN1CCN(C(=O)C(=O)c2c[nH]c3c(NC(=O)Nc4ccc(S)cc4)cccc23)CC1.O=Cc1ccccc1. The number of terminal acetylenes is 1. The Morgan fingerprint density at radius 1 is 0.878 bits per heavy atom. The van der Waals surface area contributed by atoms with Crippen LogP contribution in [0.25, 0.3) is 10.9 Å². The number of thiol groups is 1. The Balaban J connectivity index is 0.000000394. The molecule has 3 amide bonds. The fourth-order valence-electron chi connectivity index (χ4n) is 4.08. The van der Waals surface area contributed by atoms with Gasteiger partial charge in [-0.2, -0.15) is 0 Å². The molecule has 0 unspecified atom stereocenters. The Kier molecular flexibility index (Phi) is 11.3. The van der Waals surface area contributed by atoms with E-state index in [4.69, 9.17) is 0 Å². The Labute approximate surface area is 244 Å². The van der Waals surface area contributed by atoms with Crippen LogP contribution >= 0.6 is 12.6 Å². The standard InChI is InChI=1S/C22H23N5O3S.C7H6O.C2H2/c1-26-9-11-27(12-10-26)21(29)20(28)17-13-23-19-16(17)3-2-4-18(19)25-22(30)24-14-5-7-15(31)8-6-14;8-6-7-4-2-1-3-5-7;1-2/h2-8,13,23,31H,9-12H2,1H3,(H2,24,25,30);1-6H;1-2H. The third kappa shape index (κ3) is 8.32. The van der Waals surface area contributed by atoms with E-state index in [1.807, 2.05) is 25.2 Å². The third-order valence-electron chi connectivity index (χ3n) is 6.25. The first-order valence-corrected chi connectivity index (χ1v) is 13.1. The Morgan fingerprint density at radius 2 is 1.54 bits per heavy atom. The molecule has 2 heterocycles. The van der Waals surface area contributed by atoms with Crippen LogP contribution < -0.4 is 10.6 Å². The lowest BCUT2D eigenvalue weighted by molar-refractivity contribution is -0.127. The van der Waals surface area contributed by atoms with Crippen LogP contribution in [0.3, 0.4) is 0 Å². The number of H-pyrrole nitrogens is 1. The van der Waals surface area contributed by atoms with Crippen LogP contribution in [0.2, 0.25) is 0 Å². The van der Waals surface area contributed by atoms with Crippen LogP contribution in [0, 0.1) is 12.8 Å². The van der Waals surface area contributed by atoms with Crippen molar-refractivity contribution in [2.24, 2.45) is 0 Å². The number of anilines is 2. The number of fused-ring (bicyclic) bond motifs is 1. The molecule has 1 fully saturated rings. The summed E-state index contributed by atoms with van der Waals surface area (Å²) < 4.78 is 0. The number of amides is 3. The van der Waals surface area contributed by atoms with E-state index in [0.29, 0.717) is 40.9 Å². The summed E-state index contributed by atoms with van der Waals surface area (Å²) in [7, 11) is 1.99. The van der Waals surface area contributed by atoms with Gasteiger partial charge in [-0.1, -0.05) is 42.5 Å². The molecule has 0 spiro atoms. The fourth-order valence-corrected chi connectivity index (χ4v) is 4.22. The molecular weight excluding hydrogens is 538 g/mol. The summed E-state index contributed by atoms with van der Waals surface area (Å²) in [6.45, 7) is 2.55. The Morgan fingerprint density at radius 3 is 2.15 bits per heavy atom. The Hall–Kier alpha value is -4.85. The van der Waals surface area contributed by atoms with Gasteiger partial charge in [-0.15, -0.1) is 25.5 Å². The van der Waals surface area contributed by atoms with Crippen LogP contribution in [-0.4, -0.2) is 72.0 Å². The van der Waals surface area contributed by atoms with Gasteiger partial charge in [0.2, 0.25) is 0 Å². The predicted octanol–water partition coefficient (Wildman–Crippen LogP) is 4.81. The number of nitrogens with one attached hydrogen (secondary N) is 3. The van der Waals surface area contributed by atoms with Gasteiger partial charge >= 0.3 is 6.03 Å². The van der Waals surface area contributed by atoms with Gasteiger partial charge in [0.15, 0.2) is 0 Å². The van der Waals surface area contributed by atoms with Gasteiger partial charge < -0.3 is 25.4 Å². The zero-order valence-electron chi connectivity index (χ0n) is 22.5. The van der Waals surface area contributed by atoms with Crippen molar-refractivity contribution < 1.29 is 19.2 Å². The number of carbonyl (C=O) groups excluding carboxylic acids is 4. The smallest absolute Gasteiger partial charge is 0.323 e. The number of hydrogen-bond acceptors (Lipinski definition) is 6. The highest BCUT2D eigenvalue weighted by atomic mass is 32.1. The van der Waals surface area contributed by atoms with E-state index in [9.17, 15) is 19.2 Å². The number of rotatable bonds is 5. The number of nitrogens with zero attached hydrogens (tertiary/aromatic N) is 2. The van der Waals surface area contributed by atoms with Crippen molar-refractivity contribution in [1.82, 2.24) is 14.8 Å². The molecule has 4 aromatic rings. The summed E-state index contributed by atoms with van der Waals surface area (Å²) in [5.74, 6) is -1.05. The molecule has 210 valence electrons. The van der Waals surface area contributed by atoms with E-state index in [-0.39, 0.29) is 0 Å². The molecule has 10 heteroatoms. The first-order valence-electron chi connectivity index (χ1n) is 12.7. The van der Waals surface area contributed by atoms with Crippen LogP contribution in [-0.2, 0) is 4.79 Å². The minimum absolute atomic E-state index is 0.298. The second-order valence-electron chi connectivity index (χ2n) is 9.01. The molecule has 1 aliphatic rings. The van der Waals surface area contributed by atoms with E-state index in [0.717, 1.165) is 29.8 Å². The number of urea groups is 1. The highest BCUT2D eigenvalue weighted by molar-refractivity contribution is 7.80. The van der Waals surface area contributed by atoms with Crippen LogP contribution in [0.1, 0.15) is 20.7 Å². The summed E-state index contributed by atoms with van der Waals surface area (Å²) in [4.78, 5) is 55.5.